The topological polar surface area (TPSA) is 49.2 Å². The average Bonchev–Trinajstić information content (AvgIpc) is 2.38. The summed E-state index contributed by atoms with van der Waals surface area (Å²) in [6, 6.07) is 4.73. The molecular formula is C15H23N3O. The van der Waals surface area contributed by atoms with Gasteiger partial charge >= 0.3 is 0 Å². The van der Waals surface area contributed by atoms with Crippen LogP contribution in [0.1, 0.15) is 56.6 Å². The smallest absolute Gasteiger partial charge is 0.151 e. The van der Waals surface area contributed by atoms with Gasteiger partial charge in [0.25, 0.3) is 0 Å². The van der Waals surface area contributed by atoms with E-state index in [0.717, 1.165) is 37.2 Å². The van der Waals surface area contributed by atoms with Crippen LogP contribution in [0.3, 0.4) is 0 Å². The zero-order valence-electron chi connectivity index (χ0n) is 11.6. The highest BCUT2D eigenvalue weighted by molar-refractivity contribution is 5.38. The monoisotopic (exact) mass is 261 g/mol. The fourth-order valence-electron chi connectivity index (χ4n) is 3.08. The summed E-state index contributed by atoms with van der Waals surface area (Å²) in [5.41, 5.74) is 1.16. The molecule has 0 unspecified atom stereocenters. The van der Waals surface area contributed by atoms with E-state index in [9.17, 15) is 5.11 Å². The summed E-state index contributed by atoms with van der Waals surface area (Å²) in [6.07, 6.45) is 7.67. The molecule has 0 spiro atoms. The number of hydrogen-bond donors (Lipinski definition) is 1. The van der Waals surface area contributed by atoms with Gasteiger partial charge in [-0.2, -0.15) is 5.10 Å². The molecule has 0 amide bonds. The van der Waals surface area contributed by atoms with Gasteiger partial charge in [0.05, 0.1) is 11.8 Å². The molecule has 0 atom stereocenters. The van der Waals surface area contributed by atoms with Crippen LogP contribution in [-0.4, -0.2) is 34.5 Å². The third kappa shape index (κ3) is 2.73. The van der Waals surface area contributed by atoms with Crippen LogP contribution in [0.2, 0.25) is 0 Å². The second-order valence-electron chi connectivity index (χ2n) is 6.02. The van der Waals surface area contributed by atoms with Crippen molar-refractivity contribution in [3.05, 3.63) is 17.8 Å². The molecule has 0 radical (unpaired) electrons. The van der Waals surface area contributed by atoms with Gasteiger partial charge in [-0.25, -0.2) is 0 Å². The first-order valence-electron chi connectivity index (χ1n) is 7.48. The fraction of sp³-hybridized carbons (Fsp3) is 0.733. The molecule has 4 nitrogen and oxygen atoms in total. The minimum atomic E-state index is -0.100. The molecule has 1 aromatic heterocycles. The largest absolute Gasteiger partial charge is 0.393 e. The predicted octanol–water partition coefficient (Wildman–Crippen LogP) is 2.48. The minimum Gasteiger partial charge on any atom is -0.393 e. The molecule has 0 saturated heterocycles. The van der Waals surface area contributed by atoms with E-state index in [1.807, 2.05) is 0 Å². The van der Waals surface area contributed by atoms with E-state index in [1.165, 1.54) is 19.3 Å². The summed E-state index contributed by atoms with van der Waals surface area (Å²) in [4.78, 5) is 2.23. The van der Waals surface area contributed by atoms with Gasteiger partial charge in [0.15, 0.2) is 5.82 Å². The van der Waals surface area contributed by atoms with E-state index in [-0.39, 0.29) is 6.10 Å². The predicted molar refractivity (Wildman–Crippen MR) is 75.3 cm³/mol. The van der Waals surface area contributed by atoms with Crippen molar-refractivity contribution in [3.63, 3.8) is 0 Å². The summed E-state index contributed by atoms with van der Waals surface area (Å²) in [5, 5.41) is 18.3. The lowest BCUT2D eigenvalue weighted by molar-refractivity contribution is 0.122. The number of nitrogens with zero attached hydrogens (tertiary/aromatic N) is 3. The molecule has 0 aromatic carbocycles. The number of rotatable bonds is 3. The number of anilines is 1. The Kier molecular flexibility index (Phi) is 3.69. The van der Waals surface area contributed by atoms with Crippen LogP contribution in [0, 0.1) is 0 Å². The highest BCUT2D eigenvalue weighted by Crippen LogP contribution is 2.35. The number of aliphatic hydroxyl groups is 1. The summed E-state index contributed by atoms with van der Waals surface area (Å²) in [6.45, 7) is 0. The van der Waals surface area contributed by atoms with Gasteiger partial charge in [-0.15, -0.1) is 5.10 Å². The molecule has 1 aromatic rings. The van der Waals surface area contributed by atoms with Crippen molar-refractivity contribution in [1.82, 2.24) is 10.2 Å². The maximum absolute atomic E-state index is 9.56. The molecule has 2 fully saturated rings. The second kappa shape index (κ2) is 5.45. The molecule has 3 rings (SSSR count). The summed E-state index contributed by atoms with van der Waals surface area (Å²) in [5.74, 6) is 1.61. The van der Waals surface area contributed by atoms with E-state index in [4.69, 9.17) is 0 Å². The minimum absolute atomic E-state index is 0.100. The van der Waals surface area contributed by atoms with Crippen LogP contribution in [0.15, 0.2) is 12.1 Å². The van der Waals surface area contributed by atoms with Crippen LogP contribution < -0.4 is 4.90 Å². The lowest BCUT2D eigenvalue weighted by atomic mass is 9.83. The van der Waals surface area contributed by atoms with E-state index in [0.29, 0.717) is 12.0 Å². The molecule has 4 heteroatoms. The average molecular weight is 261 g/mol. The molecule has 19 heavy (non-hydrogen) atoms. The van der Waals surface area contributed by atoms with E-state index in [1.54, 1.807) is 0 Å². The Morgan fingerprint density at radius 1 is 1.05 bits per heavy atom. The van der Waals surface area contributed by atoms with Gasteiger partial charge in [0, 0.05) is 19.0 Å². The van der Waals surface area contributed by atoms with Crippen molar-refractivity contribution in [2.45, 2.75) is 63.0 Å². The Labute approximate surface area is 114 Å². The van der Waals surface area contributed by atoms with E-state index >= 15 is 0 Å². The maximum atomic E-state index is 9.56. The van der Waals surface area contributed by atoms with E-state index < -0.39 is 0 Å². The Balaban J connectivity index is 1.64. The zero-order valence-corrected chi connectivity index (χ0v) is 11.6. The Morgan fingerprint density at radius 3 is 2.32 bits per heavy atom. The Bertz CT molecular complexity index is 408. The van der Waals surface area contributed by atoms with Gasteiger partial charge in [0.1, 0.15) is 0 Å². The molecule has 2 aliphatic rings. The summed E-state index contributed by atoms with van der Waals surface area (Å²) >= 11 is 0. The van der Waals surface area contributed by atoms with Crippen LogP contribution in [0.4, 0.5) is 5.82 Å². The number of aliphatic hydroxyl groups excluding tert-OH is 1. The first-order chi connectivity index (χ1) is 9.24. The van der Waals surface area contributed by atoms with Crippen LogP contribution >= 0.6 is 0 Å². The molecule has 1 heterocycles. The van der Waals surface area contributed by atoms with Gasteiger partial charge in [0.2, 0.25) is 0 Å². The van der Waals surface area contributed by atoms with Gasteiger partial charge in [-0.3, -0.25) is 0 Å². The number of aromatic nitrogens is 2. The second-order valence-corrected chi connectivity index (χ2v) is 6.02. The Morgan fingerprint density at radius 2 is 1.79 bits per heavy atom. The standard InChI is InChI=1S/C15H23N3O/c1-18(12-5-7-13(19)8-6-12)15-10-9-14(16-17-15)11-3-2-4-11/h9-13,19H,2-8H2,1H3. The molecule has 104 valence electrons. The highest BCUT2D eigenvalue weighted by Gasteiger charge is 2.25. The lowest BCUT2D eigenvalue weighted by Crippen LogP contribution is -2.37. The Hall–Kier alpha value is -1.16. The molecule has 0 aliphatic heterocycles. The van der Waals surface area contributed by atoms with Crippen molar-refractivity contribution in [1.29, 1.82) is 0 Å². The maximum Gasteiger partial charge on any atom is 0.151 e. The summed E-state index contributed by atoms with van der Waals surface area (Å²) < 4.78 is 0. The van der Waals surface area contributed by atoms with E-state index in [2.05, 4.69) is 34.3 Å². The van der Waals surface area contributed by atoms with Crippen molar-refractivity contribution in [2.75, 3.05) is 11.9 Å². The number of hydrogen-bond acceptors (Lipinski definition) is 4. The van der Waals surface area contributed by atoms with Crippen LogP contribution in [0.25, 0.3) is 0 Å². The quantitative estimate of drug-likeness (QED) is 0.908. The third-order valence-corrected chi connectivity index (χ3v) is 4.77. The normalized spacial score (nSPS) is 27.9. The van der Waals surface area contributed by atoms with Gasteiger partial charge in [-0.1, -0.05) is 6.42 Å². The van der Waals surface area contributed by atoms with Crippen molar-refractivity contribution < 1.29 is 5.11 Å². The SMILES string of the molecule is CN(c1ccc(C2CCC2)nn1)C1CCC(O)CC1. The molecule has 1 N–H and O–H groups in total. The van der Waals surface area contributed by atoms with Gasteiger partial charge in [-0.05, 0) is 50.7 Å². The van der Waals surface area contributed by atoms with Crippen molar-refractivity contribution in [2.24, 2.45) is 0 Å². The molecule has 0 bridgehead atoms. The summed E-state index contributed by atoms with van der Waals surface area (Å²) in [7, 11) is 2.09. The third-order valence-electron chi connectivity index (χ3n) is 4.77. The van der Waals surface area contributed by atoms with Crippen LogP contribution in [-0.2, 0) is 0 Å². The zero-order chi connectivity index (χ0) is 13.2. The fourth-order valence-corrected chi connectivity index (χ4v) is 3.08. The van der Waals surface area contributed by atoms with Crippen LogP contribution in [0.5, 0.6) is 0 Å². The van der Waals surface area contributed by atoms with Crippen molar-refractivity contribution in [3.8, 4) is 0 Å². The van der Waals surface area contributed by atoms with Crippen molar-refractivity contribution >= 4 is 5.82 Å². The molecule has 2 saturated carbocycles. The molecular weight excluding hydrogens is 238 g/mol. The molecule has 2 aliphatic carbocycles. The highest BCUT2D eigenvalue weighted by atomic mass is 16.3. The first-order valence-corrected chi connectivity index (χ1v) is 7.48. The lowest BCUT2D eigenvalue weighted by Gasteiger charge is -2.33. The first kappa shape index (κ1) is 12.9. The van der Waals surface area contributed by atoms with Gasteiger partial charge < -0.3 is 10.0 Å².